The molecule has 1 aliphatic carbocycles. The van der Waals surface area contributed by atoms with E-state index in [1.807, 2.05) is 0 Å². The lowest BCUT2D eigenvalue weighted by molar-refractivity contribution is 0.107. The summed E-state index contributed by atoms with van der Waals surface area (Å²) in [6.45, 7) is 17.0. The van der Waals surface area contributed by atoms with E-state index >= 15 is 0 Å². The van der Waals surface area contributed by atoms with Crippen molar-refractivity contribution in [2.45, 2.75) is 78.8 Å². The zero-order valence-electron chi connectivity index (χ0n) is 17.8. The van der Waals surface area contributed by atoms with Crippen molar-refractivity contribution in [1.29, 1.82) is 0 Å². The maximum absolute atomic E-state index is 5.65. The van der Waals surface area contributed by atoms with Crippen LogP contribution in [0.2, 0.25) is 0 Å². The van der Waals surface area contributed by atoms with E-state index in [1.165, 1.54) is 32.2 Å². The molecule has 2 fully saturated rings. The molecule has 2 unspecified atom stereocenters. The molecule has 5 heteroatoms. The summed E-state index contributed by atoms with van der Waals surface area (Å²) in [5, 5.41) is 7.20. The fraction of sp³-hybridized carbons (Fsp3) is 0.952. The molecule has 1 aliphatic heterocycles. The summed E-state index contributed by atoms with van der Waals surface area (Å²) in [4.78, 5) is 7.60. The first-order valence-electron chi connectivity index (χ1n) is 10.9. The molecule has 1 saturated carbocycles. The average Bonchev–Trinajstić information content (AvgIpc) is 3.21. The van der Waals surface area contributed by atoms with Crippen molar-refractivity contribution in [3.05, 3.63) is 0 Å². The quantitative estimate of drug-likeness (QED) is 0.374. The van der Waals surface area contributed by atoms with Crippen LogP contribution in [-0.4, -0.2) is 62.3 Å². The summed E-state index contributed by atoms with van der Waals surface area (Å²) in [5.74, 6) is 1.65. The van der Waals surface area contributed by atoms with Gasteiger partial charge in [0.1, 0.15) is 0 Å². The maximum Gasteiger partial charge on any atom is 0.191 e. The molecule has 2 N–H and O–H groups in total. The summed E-state index contributed by atoms with van der Waals surface area (Å²) < 4.78 is 5.65. The number of aliphatic imine (C=N–C) groups is 1. The molecule has 0 aromatic carbocycles. The number of nitrogens with one attached hydrogen (secondary N) is 2. The number of hydrogen-bond acceptors (Lipinski definition) is 3. The minimum absolute atomic E-state index is 0.350. The van der Waals surface area contributed by atoms with Crippen molar-refractivity contribution < 1.29 is 4.74 Å². The first kappa shape index (κ1) is 21.5. The van der Waals surface area contributed by atoms with E-state index in [-0.39, 0.29) is 0 Å². The SMILES string of the molecule is CCNC(=NCC1(CCOCC)CCCC1)NC1CN(C(C)C)CC1C. The van der Waals surface area contributed by atoms with E-state index in [9.17, 15) is 0 Å². The van der Waals surface area contributed by atoms with E-state index in [1.54, 1.807) is 0 Å². The Morgan fingerprint density at radius 3 is 2.54 bits per heavy atom. The van der Waals surface area contributed by atoms with Crippen LogP contribution in [0, 0.1) is 11.3 Å². The van der Waals surface area contributed by atoms with Gasteiger partial charge in [0.25, 0.3) is 0 Å². The number of likely N-dealkylation sites (tertiary alicyclic amines) is 1. The van der Waals surface area contributed by atoms with Crippen molar-refractivity contribution in [3.63, 3.8) is 0 Å². The Balaban J connectivity index is 1.96. The molecular weight excluding hydrogens is 324 g/mol. The minimum Gasteiger partial charge on any atom is -0.382 e. The first-order chi connectivity index (χ1) is 12.5. The van der Waals surface area contributed by atoms with Crippen molar-refractivity contribution >= 4 is 5.96 Å². The molecule has 2 atom stereocenters. The molecule has 0 aromatic heterocycles. The molecular formula is C21H42N4O. The van der Waals surface area contributed by atoms with Gasteiger partial charge in [0.2, 0.25) is 0 Å². The molecule has 0 radical (unpaired) electrons. The van der Waals surface area contributed by atoms with E-state index < -0.39 is 0 Å². The average molecular weight is 367 g/mol. The van der Waals surface area contributed by atoms with E-state index in [0.717, 1.165) is 45.2 Å². The molecule has 152 valence electrons. The van der Waals surface area contributed by atoms with Crippen LogP contribution < -0.4 is 10.6 Å². The van der Waals surface area contributed by atoms with Gasteiger partial charge >= 0.3 is 0 Å². The molecule has 0 amide bonds. The lowest BCUT2D eigenvalue weighted by Crippen LogP contribution is -2.47. The third-order valence-corrected chi connectivity index (χ3v) is 6.25. The molecule has 0 aromatic rings. The number of nitrogens with zero attached hydrogens (tertiary/aromatic N) is 2. The predicted octanol–water partition coefficient (Wildman–Crippen LogP) is 3.26. The first-order valence-corrected chi connectivity index (χ1v) is 10.9. The molecule has 26 heavy (non-hydrogen) atoms. The molecule has 0 bridgehead atoms. The summed E-state index contributed by atoms with van der Waals surface area (Å²) >= 11 is 0. The highest BCUT2D eigenvalue weighted by Gasteiger charge is 2.34. The lowest BCUT2D eigenvalue weighted by Gasteiger charge is -2.28. The summed E-state index contributed by atoms with van der Waals surface area (Å²) in [6, 6.07) is 1.10. The Labute approximate surface area is 161 Å². The second-order valence-corrected chi connectivity index (χ2v) is 8.62. The zero-order chi connectivity index (χ0) is 19.0. The standard InChI is InChI=1S/C21H42N4O/c1-6-22-20(24-19-15-25(17(3)4)14-18(19)5)23-16-21(10-8-9-11-21)12-13-26-7-2/h17-19H,6-16H2,1-5H3,(H2,22,23,24). The molecule has 1 saturated heterocycles. The minimum atomic E-state index is 0.350. The Kier molecular flexibility index (Phi) is 8.68. The van der Waals surface area contributed by atoms with Gasteiger partial charge in [0.15, 0.2) is 5.96 Å². The molecule has 5 nitrogen and oxygen atoms in total. The smallest absolute Gasteiger partial charge is 0.191 e. The van der Waals surface area contributed by atoms with E-state index in [4.69, 9.17) is 9.73 Å². The van der Waals surface area contributed by atoms with Gasteiger partial charge in [-0.15, -0.1) is 0 Å². The van der Waals surface area contributed by atoms with Crippen molar-refractivity contribution in [1.82, 2.24) is 15.5 Å². The predicted molar refractivity (Wildman–Crippen MR) is 111 cm³/mol. The second kappa shape index (κ2) is 10.5. The Bertz CT molecular complexity index is 432. The molecule has 2 rings (SSSR count). The second-order valence-electron chi connectivity index (χ2n) is 8.62. The fourth-order valence-corrected chi connectivity index (χ4v) is 4.40. The van der Waals surface area contributed by atoms with Crippen LogP contribution in [0.3, 0.4) is 0 Å². The van der Waals surface area contributed by atoms with E-state index in [0.29, 0.717) is 23.4 Å². The molecule has 2 aliphatic rings. The van der Waals surface area contributed by atoms with Gasteiger partial charge in [0.05, 0.1) is 0 Å². The summed E-state index contributed by atoms with van der Waals surface area (Å²) in [7, 11) is 0. The Hall–Kier alpha value is -0.810. The van der Waals surface area contributed by atoms with Crippen LogP contribution in [-0.2, 0) is 4.74 Å². The normalized spacial score (nSPS) is 26.6. The highest BCUT2D eigenvalue weighted by Crippen LogP contribution is 2.41. The van der Waals surface area contributed by atoms with Crippen LogP contribution in [0.1, 0.15) is 66.7 Å². The number of ether oxygens (including phenoxy) is 1. The van der Waals surface area contributed by atoms with Gasteiger partial charge in [0, 0.05) is 51.5 Å². The monoisotopic (exact) mass is 366 g/mol. The highest BCUT2D eigenvalue weighted by atomic mass is 16.5. The van der Waals surface area contributed by atoms with Crippen molar-refractivity contribution in [2.24, 2.45) is 16.3 Å². The summed E-state index contributed by atoms with van der Waals surface area (Å²) in [6.07, 6.45) is 6.42. The summed E-state index contributed by atoms with van der Waals surface area (Å²) in [5.41, 5.74) is 0.350. The van der Waals surface area contributed by atoms with Gasteiger partial charge in [-0.3, -0.25) is 9.89 Å². The van der Waals surface area contributed by atoms with Gasteiger partial charge in [-0.1, -0.05) is 19.8 Å². The van der Waals surface area contributed by atoms with Gasteiger partial charge < -0.3 is 15.4 Å². The maximum atomic E-state index is 5.65. The fourth-order valence-electron chi connectivity index (χ4n) is 4.40. The third kappa shape index (κ3) is 6.12. The van der Waals surface area contributed by atoms with Crippen LogP contribution in [0.15, 0.2) is 4.99 Å². The Morgan fingerprint density at radius 2 is 1.96 bits per heavy atom. The van der Waals surface area contributed by atoms with Crippen molar-refractivity contribution in [2.75, 3.05) is 39.4 Å². The van der Waals surface area contributed by atoms with Crippen LogP contribution in [0.5, 0.6) is 0 Å². The molecule has 1 heterocycles. The lowest BCUT2D eigenvalue weighted by atomic mass is 9.83. The van der Waals surface area contributed by atoms with Gasteiger partial charge in [-0.05, 0) is 58.3 Å². The number of hydrogen-bond donors (Lipinski definition) is 2. The third-order valence-electron chi connectivity index (χ3n) is 6.25. The van der Waals surface area contributed by atoms with Crippen LogP contribution in [0.25, 0.3) is 0 Å². The van der Waals surface area contributed by atoms with Gasteiger partial charge in [-0.2, -0.15) is 0 Å². The highest BCUT2D eigenvalue weighted by molar-refractivity contribution is 5.80. The number of rotatable bonds is 9. The largest absolute Gasteiger partial charge is 0.382 e. The van der Waals surface area contributed by atoms with Crippen molar-refractivity contribution in [3.8, 4) is 0 Å². The van der Waals surface area contributed by atoms with E-state index in [2.05, 4.69) is 50.2 Å². The molecule has 0 spiro atoms. The van der Waals surface area contributed by atoms with Gasteiger partial charge in [-0.25, -0.2) is 0 Å². The van der Waals surface area contributed by atoms with Crippen LogP contribution >= 0.6 is 0 Å². The topological polar surface area (TPSA) is 48.9 Å². The number of guanidine groups is 1. The Morgan fingerprint density at radius 1 is 1.23 bits per heavy atom. The zero-order valence-corrected chi connectivity index (χ0v) is 17.8. The van der Waals surface area contributed by atoms with Crippen LogP contribution in [0.4, 0.5) is 0 Å².